The first-order chi connectivity index (χ1) is 10.1. The lowest BCUT2D eigenvalue weighted by Gasteiger charge is -2.32. The first kappa shape index (κ1) is 15.4. The molecule has 114 valence electrons. The zero-order chi connectivity index (χ0) is 15.1. The van der Waals surface area contributed by atoms with Gasteiger partial charge in [-0.3, -0.25) is 14.6 Å². The number of carbonyl (C=O) groups is 2. The predicted molar refractivity (Wildman–Crippen MR) is 77.6 cm³/mol. The molecule has 0 radical (unpaired) electrons. The molecule has 0 aromatic carbocycles. The normalized spacial score (nSPS) is 18.3. The summed E-state index contributed by atoms with van der Waals surface area (Å²) >= 11 is 0. The maximum absolute atomic E-state index is 11.8. The van der Waals surface area contributed by atoms with Crippen LogP contribution in [-0.2, 0) is 20.7 Å². The summed E-state index contributed by atoms with van der Waals surface area (Å²) in [5.41, 5.74) is 1.05. The van der Waals surface area contributed by atoms with E-state index in [4.69, 9.17) is 4.74 Å². The topological polar surface area (TPSA) is 71.5 Å². The summed E-state index contributed by atoms with van der Waals surface area (Å²) < 4.78 is 5.55. The predicted octanol–water partition coefficient (Wildman–Crippen LogP) is 0.378. The van der Waals surface area contributed by atoms with Gasteiger partial charge < -0.3 is 15.0 Å². The summed E-state index contributed by atoms with van der Waals surface area (Å²) in [6.07, 6.45) is 4.46. The first-order valence-electron chi connectivity index (χ1n) is 7.18. The molecule has 6 nitrogen and oxygen atoms in total. The van der Waals surface area contributed by atoms with E-state index in [9.17, 15) is 9.59 Å². The highest BCUT2D eigenvalue weighted by Crippen LogP contribution is 2.05. The third kappa shape index (κ3) is 5.15. The molecule has 0 spiro atoms. The van der Waals surface area contributed by atoms with Gasteiger partial charge in [-0.25, -0.2) is 0 Å². The monoisotopic (exact) mass is 291 g/mol. The molecule has 0 bridgehead atoms. The second kappa shape index (κ2) is 7.73. The number of aromatic nitrogens is 1. The van der Waals surface area contributed by atoms with Gasteiger partial charge in [0.25, 0.3) is 0 Å². The summed E-state index contributed by atoms with van der Waals surface area (Å²) in [6.45, 7) is 3.68. The molecule has 1 aliphatic heterocycles. The minimum Gasteiger partial charge on any atom is -0.373 e. The Morgan fingerprint density at radius 1 is 1.52 bits per heavy atom. The highest BCUT2D eigenvalue weighted by Gasteiger charge is 2.22. The molecule has 1 unspecified atom stereocenters. The van der Waals surface area contributed by atoms with Crippen LogP contribution >= 0.6 is 0 Å². The Morgan fingerprint density at radius 3 is 3.10 bits per heavy atom. The van der Waals surface area contributed by atoms with E-state index in [0.29, 0.717) is 39.1 Å². The smallest absolute Gasteiger partial charge is 0.220 e. The zero-order valence-corrected chi connectivity index (χ0v) is 12.2. The number of pyridine rings is 1. The SMILES string of the molecule is CC(=O)N1CCOC(CNC(=O)CCc2cccnc2)C1. The second-order valence-electron chi connectivity index (χ2n) is 5.12. The van der Waals surface area contributed by atoms with Gasteiger partial charge in [0.05, 0.1) is 12.7 Å². The first-order valence-corrected chi connectivity index (χ1v) is 7.18. The van der Waals surface area contributed by atoms with Crippen molar-refractivity contribution in [3.63, 3.8) is 0 Å². The van der Waals surface area contributed by atoms with Gasteiger partial charge in [-0.05, 0) is 18.1 Å². The van der Waals surface area contributed by atoms with Crippen LogP contribution in [0.15, 0.2) is 24.5 Å². The van der Waals surface area contributed by atoms with E-state index in [1.165, 1.54) is 0 Å². The molecule has 2 amide bonds. The summed E-state index contributed by atoms with van der Waals surface area (Å²) in [4.78, 5) is 28.9. The zero-order valence-electron chi connectivity index (χ0n) is 12.2. The van der Waals surface area contributed by atoms with Gasteiger partial charge in [-0.15, -0.1) is 0 Å². The van der Waals surface area contributed by atoms with E-state index in [1.807, 2.05) is 12.1 Å². The van der Waals surface area contributed by atoms with E-state index in [0.717, 1.165) is 5.56 Å². The Hall–Kier alpha value is -1.95. The molecule has 21 heavy (non-hydrogen) atoms. The number of amides is 2. The van der Waals surface area contributed by atoms with Crippen molar-refractivity contribution < 1.29 is 14.3 Å². The van der Waals surface area contributed by atoms with Crippen molar-refractivity contribution >= 4 is 11.8 Å². The van der Waals surface area contributed by atoms with Gasteiger partial charge in [0.2, 0.25) is 11.8 Å². The Morgan fingerprint density at radius 2 is 2.38 bits per heavy atom. The number of nitrogens with zero attached hydrogens (tertiary/aromatic N) is 2. The van der Waals surface area contributed by atoms with Crippen LogP contribution in [0.2, 0.25) is 0 Å². The van der Waals surface area contributed by atoms with E-state index in [1.54, 1.807) is 24.2 Å². The average molecular weight is 291 g/mol. The van der Waals surface area contributed by atoms with Crippen LogP contribution < -0.4 is 5.32 Å². The van der Waals surface area contributed by atoms with Crippen molar-refractivity contribution in [3.8, 4) is 0 Å². The number of ether oxygens (including phenoxy) is 1. The Labute approximate surface area is 124 Å². The van der Waals surface area contributed by atoms with Gasteiger partial charge in [0, 0.05) is 45.4 Å². The second-order valence-corrected chi connectivity index (χ2v) is 5.12. The van der Waals surface area contributed by atoms with E-state index >= 15 is 0 Å². The molecule has 1 aliphatic rings. The van der Waals surface area contributed by atoms with Crippen LogP contribution in [0, 0.1) is 0 Å². The van der Waals surface area contributed by atoms with E-state index in [-0.39, 0.29) is 17.9 Å². The Balaban J connectivity index is 1.68. The van der Waals surface area contributed by atoms with Crippen LogP contribution in [-0.4, -0.2) is 54.0 Å². The van der Waals surface area contributed by atoms with Crippen molar-refractivity contribution in [3.05, 3.63) is 30.1 Å². The lowest BCUT2D eigenvalue weighted by molar-refractivity contribution is -0.136. The minimum absolute atomic E-state index is 0.0117. The lowest BCUT2D eigenvalue weighted by Crippen LogP contribution is -2.49. The molecule has 1 fully saturated rings. The maximum Gasteiger partial charge on any atom is 0.220 e. The molecule has 2 rings (SSSR count). The molecule has 6 heteroatoms. The van der Waals surface area contributed by atoms with Crippen LogP contribution in [0.1, 0.15) is 18.9 Å². The van der Waals surface area contributed by atoms with Crippen LogP contribution in [0.4, 0.5) is 0 Å². The molecular formula is C15H21N3O3. The fraction of sp³-hybridized carbons (Fsp3) is 0.533. The fourth-order valence-electron chi connectivity index (χ4n) is 2.25. The molecule has 1 N–H and O–H groups in total. The van der Waals surface area contributed by atoms with Crippen molar-refractivity contribution in [1.29, 1.82) is 0 Å². The summed E-state index contributed by atoms with van der Waals surface area (Å²) in [7, 11) is 0. The number of aryl methyl sites for hydroxylation is 1. The number of hydrogen-bond donors (Lipinski definition) is 1. The summed E-state index contributed by atoms with van der Waals surface area (Å²) in [5.74, 6) is 0.0357. The van der Waals surface area contributed by atoms with Crippen LogP contribution in [0.3, 0.4) is 0 Å². The number of morpholine rings is 1. The standard InChI is InChI=1S/C15H21N3O3/c1-12(19)18-7-8-21-14(11-18)10-17-15(20)5-4-13-3-2-6-16-9-13/h2-3,6,9,14H,4-5,7-8,10-11H2,1H3,(H,17,20). The number of carbonyl (C=O) groups excluding carboxylic acids is 2. The number of nitrogens with one attached hydrogen (secondary N) is 1. The van der Waals surface area contributed by atoms with Crippen molar-refractivity contribution in [2.24, 2.45) is 0 Å². The maximum atomic E-state index is 11.8. The van der Waals surface area contributed by atoms with Gasteiger partial charge in [-0.1, -0.05) is 6.07 Å². The highest BCUT2D eigenvalue weighted by atomic mass is 16.5. The molecule has 1 atom stereocenters. The summed E-state index contributed by atoms with van der Waals surface area (Å²) in [6, 6.07) is 3.81. The average Bonchev–Trinajstić information content (AvgIpc) is 2.52. The lowest BCUT2D eigenvalue weighted by atomic mass is 10.1. The molecule has 0 saturated carbocycles. The molecule has 1 saturated heterocycles. The van der Waals surface area contributed by atoms with Crippen LogP contribution in [0.25, 0.3) is 0 Å². The van der Waals surface area contributed by atoms with Gasteiger partial charge >= 0.3 is 0 Å². The summed E-state index contributed by atoms with van der Waals surface area (Å²) in [5, 5.41) is 2.86. The molecule has 1 aromatic rings. The third-order valence-corrected chi connectivity index (χ3v) is 3.47. The van der Waals surface area contributed by atoms with E-state index in [2.05, 4.69) is 10.3 Å². The molecule has 2 heterocycles. The van der Waals surface area contributed by atoms with Crippen LogP contribution in [0.5, 0.6) is 0 Å². The quantitative estimate of drug-likeness (QED) is 0.851. The highest BCUT2D eigenvalue weighted by molar-refractivity contribution is 5.76. The number of rotatable bonds is 5. The minimum atomic E-state index is -0.120. The fourth-order valence-corrected chi connectivity index (χ4v) is 2.25. The van der Waals surface area contributed by atoms with E-state index < -0.39 is 0 Å². The Kier molecular flexibility index (Phi) is 5.68. The third-order valence-electron chi connectivity index (χ3n) is 3.47. The van der Waals surface area contributed by atoms with Crippen molar-refractivity contribution in [2.45, 2.75) is 25.9 Å². The van der Waals surface area contributed by atoms with Gasteiger partial charge in [0.1, 0.15) is 0 Å². The largest absolute Gasteiger partial charge is 0.373 e. The van der Waals surface area contributed by atoms with Gasteiger partial charge in [-0.2, -0.15) is 0 Å². The van der Waals surface area contributed by atoms with Crippen molar-refractivity contribution in [2.75, 3.05) is 26.2 Å². The molecule has 0 aliphatic carbocycles. The van der Waals surface area contributed by atoms with Crippen molar-refractivity contribution in [1.82, 2.24) is 15.2 Å². The molecule has 1 aromatic heterocycles. The Bertz CT molecular complexity index is 478. The van der Waals surface area contributed by atoms with Gasteiger partial charge in [0.15, 0.2) is 0 Å². The molecular weight excluding hydrogens is 270 g/mol. The number of hydrogen-bond acceptors (Lipinski definition) is 4.